The molecule has 2 aromatic rings. The third kappa shape index (κ3) is 3.90. The lowest BCUT2D eigenvalue weighted by atomic mass is 10.0. The zero-order valence-corrected chi connectivity index (χ0v) is 13.4. The average molecular weight is 333 g/mol. The fraction of sp³-hybridized carbons (Fsp3) is 0.438. The second kappa shape index (κ2) is 6.98. The molecular weight excluding hydrogens is 314 g/mol. The Morgan fingerprint density at radius 2 is 2.04 bits per heavy atom. The van der Waals surface area contributed by atoms with Crippen LogP contribution in [0, 0.1) is 17.0 Å². The Bertz CT molecular complexity index is 692. The summed E-state index contributed by atoms with van der Waals surface area (Å²) in [7, 11) is 0. The summed E-state index contributed by atoms with van der Waals surface area (Å²) in [6, 6.07) is 8.20. The number of nitrogens with zero attached hydrogens (tertiary/aromatic N) is 3. The van der Waals surface area contributed by atoms with Crippen LogP contribution in [-0.4, -0.2) is 33.6 Å². The van der Waals surface area contributed by atoms with Gasteiger partial charge in [0.2, 0.25) is 0 Å². The van der Waals surface area contributed by atoms with E-state index in [9.17, 15) is 10.1 Å². The van der Waals surface area contributed by atoms with E-state index in [1.165, 1.54) is 21.9 Å². The van der Waals surface area contributed by atoms with Crippen molar-refractivity contribution in [1.82, 2.24) is 9.55 Å². The van der Waals surface area contributed by atoms with Crippen molar-refractivity contribution in [2.75, 3.05) is 13.2 Å². The van der Waals surface area contributed by atoms with Crippen LogP contribution < -0.4 is 4.84 Å². The molecule has 8 nitrogen and oxygen atoms in total. The van der Waals surface area contributed by atoms with Gasteiger partial charge in [-0.3, -0.25) is 0 Å². The van der Waals surface area contributed by atoms with Gasteiger partial charge < -0.3 is 14.0 Å². The molecule has 1 aliphatic heterocycles. The summed E-state index contributed by atoms with van der Waals surface area (Å²) in [6.45, 7) is 3.31. The molecule has 1 saturated heterocycles. The van der Waals surface area contributed by atoms with Gasteiger partial charge in [0.05, 0.1) is 19.8 Å². The fourth-order valence-electron chi connectivity index (χ4n) is 2.74. The van der Waals surface area contributed by atoms with Gasteiger partial charge >= 0.3 is 5.09 Å². The summed E-state index contributed by atoms with van der Waals surface area (Å²) in [5.74, 6) is -0.833. The van der Waals surface area contributed by atoms with Gasteiger partial charge in [0.25, 0.3) is 6.01 Å². The number of benzene rings is 1. The van der Waals surface area contributed by atoms with Crippen LogP contribution in [0.15, 0.2) is 36.7 Å². The maximum absolute atomic E-state index is 10.5. The highest BCUT2D eigenvalue weighted by atomic mass is 17.0. The molecule has 1 aromatic heterocycles. The number of imidazole rings is 1. The Balaban J connectivity index is 1.70. The van der Waals surface area contributed by atoms with Gasteiger partial charge in [0.1, 0.15) is 0 Å². The summed E-state index contributed by atoms with van der Waals surface area (Å²) in [4.78, 5) is 18.9. The van der Waals surface area contributed by atoms with E-state index in [0.717, 1.165) is 6.42 Å². The molecule has 24 heavy (non-hydrogen) atoms. The van der Waals surface area contributed by atoms with E-state index < -0.39 is 10.9 Å². The number of rotatable bonds is 7. The molecule has 0 radical (unpaired) electrons. The number of hydrogen-bond donors (Lipinski definition) is 0. The molecule has 0 bridgehead atoms. The number of aryl methyl sites for hydroxylation is 2. The quantitative estimate of drug-likeness (QED) is 0.570. The molecule has 0 spiro atoms. The van der Waals surface area contributed by atoms with Crippen molar-refractivity contribution in [2.24, 2.45) is 0 Å². The van der Waals surface area contributed by atoms with E-state index >= 15 is 0 Å². The van der Waals surface area contributed by atoms with Crippen LogP contribution in [0.5, 0.6) is 6.01 Å². The Kier molecular flexibility index (Phi) is 4.77. The summed E-state index contributed by atoms with van der Waals surface area (Å²) < 4.78 is 13.2. The van der Waals surface area contributed by atoms with Gasteiger partial charge in [0.15, 0.2) is 5.79 Å². The zero-order valence-electron chi connectivity index (χ0n) is 13.4. The Hall–Kier alpha value is -2.45. The maximum atomic E-state index is 10.5. The lowest BCUT2D eigenvalue weighted by molar-refractivity contribution is -0.713. The first-order chi connectivity index (χ1) is 11.6. The topological polar surface area (TPSA) is 88.7 Å². The summed E-state index contributed by atoms with van der Waals surface area (Å²) in [6.07, 6.45) is 4.46. The van der Waals surface area contributed by atoms with Crippen LogP contribution in [-0.2, 0) is 22.4 Å². The summed E-state index contributed by atoms with van der Waals surface area (Å²) in [5, 5.41) is 9.66. The van der Waals surface area contributed by atoms with E-state index in [4.69, 9.17) is 9.47 Å². The molecule has 0 amide bonds. The monoisotopic (exact) mass is 333 g/mol. The number of aromatic nitrogens is 2. The van der Waals surface area contributed by atoms with Crippen LogP contribution >= 0.6 is 0 Å². The Morgan fingerprint density at radius 1 is 1.33 bits per heavy atom. The molecular formula is C16H19N3O5. The molecule has 3 rings (SSSR count). The third-order valence-corrected chi connectivity index (χ3v) is 3.97. The van der Waals surface area contributed by atoms with Gasteiger partial charge in [-0.25, -0.2) is 9.82 Å². The van der Waals surface area contributed by atoms with E-state index in [2.05, 4.69) is 34.1 Å². The Labute approximate surface area is 139 Å². The van der Waals surface area contributed by atoms with Crippen LogP contribution in [0.1, 0.15) is 17.5 Å². The Morgan fingerprint density at radius 3 is 2.71 bits per heavy atom. The summed E-state index contributed by atoms with van der Waals surface area (Å²) >= 11 is 0. The molecule has 8 heteroatoms. The minimum atomic E-state index is -0.881. The molecule has 0 saturated carbocycles. The van der Waals surface area contributed by atoms with Crippen molar-refractivity contribution in [2.45, 2.75) is 32.1 Å². The first kappa shape index (κ1) is 16.4. The lowest BCUT2D eigenvalue weighted by Crippen LogP contribution is -2.36. The maximum Gasteiger partial charge on any atom is 0.302 e. The van der Waals surface area contributed by atoms with E-state index in [0.29, 0.717) is 19.6 Å². The minimum absolute atomic E-state index is 0.0891. The van der Waals surface area contributed by atoms with Gasteiger partial charge in [-0.2, -0.15) is 0 Å². The van der Waals surface area contributed by atoms with Crippen molar-refractivity contribution in [1.29, 1.82) is 0 Å². The van der Waals surface area contributed by atoms with Gasteiger partial charge in [-0.05, 0) is 18.9 Å². The molecule has 0 aliphatic carbocycles. The third-order valence-electron chi connectivity index (χ3n) is 3.97. The van der Waals surface area contributed by atoms with Gasteiger partial charge in [-0.1, -0.05) is 29.8 Å². The minimum Gasteiger partial charge on any atom is -0.346 e. The highest BCUT2D eigenvalue weighted by Gasteiger charge is 2.37. The molecule has 1 aliphatic rings. The van der Waals surface area contributed by atoms with Crippen molar-refractivity contribution in [3.63, 3.8) is 0 Å². The van der Waals surface area contributed by atoms with E-state index in [1.807, 2.05) is 6.92 Å². The highest BCUT2D eigenvalue weighted by Crippen LogP contribution is 2.29. The predicted molar refractivity (Wildman–Crippen MR) is 84.0 cm³/mol. The standard InChI is InChI=1S/C16H19N3O5/c1-13-2-4-14(5-3-13)6-7-16(22-10-11-23-16)12-18-9-8-17-15(18)24-19(20)21/h2-5,8-9H,6-7,10-12H2,1H3. The number of hydrogen-bond acceptors (Lipinski definition) is 6. The molecule has 0 atom stereocenters. The highest BCUT2D eigenvalue weighted by molar-refractivity contribution is 5.21. The van der Waals surface area contributed by atoms with Crippen molar-refractivity contribution < 1.29 is 19.4 Å². The van der Waals surface area contributed by atoms with Crippen LogP contribution in [0.2, 0.25) is 0 Å². The molecule has 2 heterocycles. The second-order valence-corrected chi connectivity index (χ2v) is 5.75. The zero-order chi connectivity index (χ0) is 17.0. The van der Waals surface area contributed by atoms with E-state index in [-0.39, 0.29) is 12.6 Å². The molecule has 0 N–H and O–H groups in total. The SMILES string of the molecule is Cc1ccc(CCC2(Cn3ccnc3O[N+](=O)[O-])OCCO2)cc1. The summed E-state index contributed by atoms with van der Waals surface area (Å²) in [5.41, 5.74) is 2.40. The van der Waals surface area contributed by atoms with Crippen LogP contribution in [0.4, 0.5) is 0 Å². The molecule has 128 valence electrons. The first-order valence-electron chi connectivity index (χ1n) is 7.73. The van der Waals surface area contributed by atoms with Crippen LogP contribution in [0.25, 0.3) is 0 Å². The van der Waals surface area contributed by atoms with Gasteiger partial charge in [-0.15, -0.1) is 10.1 Å². The van der Waals surface area contributed by atoms with E-state index in [1.54, 1.807) is 6.20 Å². The lowest BCUT2D eigenvalue weighted by Gasteiger charge is -2.28. The van der Waals surface area contributed by atoms with Crippen molar-refractivity contribution in [3.05, 3.63) is 57.9 Å². The largest absolute Gasteiger partial charge is 0.346 e. The van der Waals surface area contributed by atoms with Crippen LogP contribution in [0.3, 0.4) is 0 Å². The molecule has 1 aromatic carbocycles. The average Bonchev–Trinajstić information content (AvgIpc) is 3.17. The molecule has 1 fully saturated rings. The molecule has 0 unspecified atom stereocenters. The van der Waals surface area contributed by atoms with Crippen molar-refractivity contribution in [3.8, 4) is 6.01 Å². The second-order valence-electron chi connectivity index (χ2n) is 5.75. The van der Waals surface area contributed by atoms with Gasteiger partial charge in [0, 0.05) is 18.8 Å². The first-order valence-corrected chi connectivity index (χ1v) is 7.73. The fourth-order valence-corrected chi connectivity index (χ4v) is 2.74. The number of ether oxygens (including phenoxy) is 2. The predicted octanol–water partition coefficient (Wildman–Crippen LogP) is 2.14. The van der Waals surface area contributed by atoms with Crippen molar-refractivity contribution >= 4 is 0 Å². The smallest absolute Gasteiger partial charge is 0.302 e. The normalized spacial score (nSPS) is 16.2.